The number of ether oxygens (including phenoxy) is 3. The van der Waals surface area contributed by atoms with Crippen LogP contribution in [0.25, 0.3) is 0 Å². The first-order valence-electron chi connectivity index (χ1n) is 9.12. The smallest absolute Gasteiger partial charge is 0.355 e. The molecule has 0 bridgehead atoms. The van der Waals surface area contributed by atoms with Crippen LogP contribution in [-0.2, 0) is 33.6 Å². The average molecular weight is 424 g/mol. The Morgan fingerprint density at radius 3 is 2.31 bits per heavy atom. The number of hydrogen-bond acceptors (Lipinski definition) is 9. The fourth-order valence-corrected chi connectivity index (χ4v) is 4.40. The summed E-state index contributed by atoms with van der Waals surface area (Å²) < 4.78 is 40.0. The highest BCUT2D eigenvalue weighted by atomic mass is 32.2. The SMILES string of the molecule is COC(=O)C1=C(C(=O)OC)N(c2cc(N3CCCC3)ccc2S(C)(=O)=O)COC1. The number of benzene rings is 1. The Hall–Kier alpha value is -2.59. The van der Waals surface area contributed by atoms with E-state index in [9.17, 15) is 18.0 Å². The Bertz CT molecular complexity index is 949. The molecule has 10 heteroatoms. The molecule has 0 radical (unpaired) electrons. The van der Waals surface area contributed by atoms with Crippen LogP contribution in [0.3, 0.4) is 0 Å². The summed E-state index contributed by atoms with van der Waals surface area (Å²) in [5.74, 6) is -1.52. The molecule has 1 aromatic carbocycles. The van der Waals surface area contributed by atoms with Crippen LogP contribution < -0.4 is 9.80 Å². The lowest BCUT2D eigenvalue weighted by Gasteiger charge is -2.33. The summed E-state index contributed by atoms with van der Waals surface area (Å²) in [4.78, 5) is 28.3. The molecule has 0 spiro atoms. The lowest BCUT2D eigenvalue weighted by molar-refractivity contribution is -0.140. The van der Waals surface area contributed by atoms with Crippen molar-refractivity contribution in [2.24, 2.45) is 0 Å². The molecule has 0 aromatic heterocycles. The lowest BCUT2D eigenvalue weighted by atomic mass is 10.1. The van der Waals surface area contributed by atoms with Gasteiger partial charge < -0.3 is 24.0 Å². The molecule has 9 nitrogen and oxygen atoms in total. The second-order valence-corrected chi connectivity index (χ2v) is 8.82. The van der Waals surface area contributed by atoms with Crippen molar-refractivity contribution in [1.29, 1.82) is 0 Å². The lowest BCUT2D eigenvalue weighted by Crippen LogP contribution is -2.39. The average Bonchev–Trinajstić information content (AvgIpc) is 3.25. The minimum atomic E-state index is -3.63. The highest BCUT2D eigenvalue weighted by Gasteiger charge is 2.35. The molecular weight excluding hydrogens is 400 g/mol. The Kier molecular flexibility index (Phi) is 6.13. The number of nitrogens with zero attached hydrogens (tertiary/aromatic N) is 2. The van der Waals surface area contributed by atoms with E-state index in [2.05, 4.69) is 4.90 Å². The zero-order chi connectivity index (χ0) is 21.2. The molecule has 29 heavy (non-hydrogen) atoms. The fourth-order valence-electron chi connectivity index (χ4n) is 3.54. The van der Waals surface area contributed by atoms with Crippen molar-refractivity contribution >= 4 is 33.2 Å². The number of rotatable bonds is 5. The summed E-state index contributed by atoms with van der Waals surface area (Å²) >= 11 is 0. The van der Waals surface area contributed by atoms with E-state index in [1.807, 2.05) is 0 Å². The summed E-state index contributed by atoms with van der Waals surface area (Å²) in [7, 11) is -1.24. The van der Waals surface area contributed by atoms with Gasteiger partial charge >= 0.3 is 11.9 Å². The maximum absolute atomic E-state index is 12.5. The highest BCUT2D eigenvalue weighted by Crippen LogP contribution is 2.36. The zero-order valence-corrected chi connectivity index (χ0v) is 17.5. The van der Waals surface area contributed by atoms with Crippen LogP contribution in [0.5, 0.6) is 0 Å². The van der Waals surface area contributed by atoms with Gasteiger partial charge in [-0.15, -0.1) is 0 Å². The molecule has 2 aliphatic rings. The van der Waals surface area contributed by atoms with Gasteiger partial charge in [-0.1, -0.05) is 0 Å². The number of anilines is 2. The van der Waals surface area contributed by atoms with E-state index in [0.29, 0.717) is 0 Å². The van der Waals surface area contributed by atoms with Gasteiger partial charge in [0.15, 0.2) is 9.84 Å². The van der Waals surface area contributed by atoms with Crippen LogP contribution in [0, 0.1) is 0 Å². The van der Waals surface area contributed by atoms with Crippen molar-refractivity contribution in [3.8, 4) is 0 Å². The van der Waals surface area contributed by atoms with E-state index in [1.54, 1.807) is 12.1 Å². The molecule has 158 valence electrons. The first-order chi connectivity index (χ1) is 13.8. The molecule has 0 saturated carbocycles. The normalized spacial score (nSPS) is 17.5. The number of methoxy groups -OCH3 is 2. The van der Waals surface area contributed by atoms with E-state index in [0.717, 1.165) is 37.9 Å². The molecule has 1 fully saturated rings. The Labute approximate surface area is 169 Å². The van der Waals surface area contributed by atoms with Gasteiger partial charge in [-0.05, 0) is 31.0 Å². The fraction of sp³-hybridized carbons (Fsp3) is 0.474. The van der Waals surface area contributed by atoms with Crippen molar-refractivity contribution in [3.63, 3.8) is 0 Å². The van der Waals surface area contributed by atoms with Crippen molar-refractivity contribution in [2.75, 3.05) is 56.7 Å². The zero-order valence-electron chi connectivity index (χ0n) is 16.6. The van der Waals surface area contributed by atoms with E-state index >= 15 is 0 Å². The third kappa shape index (κ3) is 4.23. The number of carbonyl (C=O) groups is 2. The molecule has 0 amide bonds. The molecule has 2 aliphatic heterocycles. The monoisotopic (exact) mass is 424 g/mol. The molecule has 3 rings (SSSR count). The first kappa shape index (κ1) is 21.1. The standard InChI is InChI=1S/C19H24N2O7S/c1-26-18(22)14-11-28-12-21(17(14)19(23)27-2)15-10-13(20-8-4-5-9-20)6-7-16(15)29(3,24)25/h6-7,10H,4-5,8-9,11-12H2,1-3H3. The number of sulfone groups is 1. The third-order valence-electron chi connectivity index (χ3n) is 4.94. The summed E-state index contributed by atoms with van der Waals surface area (Å²) in [6.07, 6.45) is 3.19. The maximum atomic E-state index is 12.5. The van der Waals surface area contributed by atoms with Gasteiger partial charge in [-0.25, -0.2) is 18.0 Å². The quantitative estimate of drug-likeness (QED) is 0.643. The van der Waals surface area contributed by atoms with Gasteiger partial charge in [0.25, 0.3) is 0 Å². The second kappa shape index (κ2) is 8.42. The predicted octanol–water partition coefficient (Wildman–Crippen LogP) is 1.08. The van der Waals surface area contributed by atoms with Crippen LogP contribution in [-0.4, -0.2) is 67.3 Å². The molecule has 1 aromatic rings. The van der Waals surface area contributed by atoms with Gasteiger partial charge in [0, 0.05) is 25.0 Å². The first-order valence-corrected chi connectivity index (χ1v) is 11.0. The van der Waals surface area contributed by atoms with Gasteiger partial charge in [0.1, 0.15) is 12.4 Å². The number of hydrogen-bond donors (Lipinski definition) is 0. The van der Waals surface area contributed by atoms with E-state index in [4.69, 9.17) is 14.2 Å². The van der Waals surface area contributed by atoms with Crippen molar-refractivity contribution < 1.29 is 32.2 Å². The number of esters is 2. The Morgan fingerprint density at radius 1 is 1.07 bits per heavy atom. The largest absolute Gasteiger partial charge is 0.466 e. The number of carbonyl (C=O) groups excluding carboxylic acids is 2. The molecule has 0 unspecified atom stereocenters. The van der Waals surface area contributed by atoms with Crippen LogP contribution in [0.4, 0.5) is 11.4 Å². The molecule has 2 heterocycles. The minimum absolute atomic E-state index is 0.0246. The van der Waals surface area contributed by atoms with Gasteiger partial charge in [-0.2, -0.15) is 0 Å². The van der Waals surface area contributed by atoms with E-state index < -0.39 is 21.8 Å². The Balaban J connectivity index is 2.21. The van der Waals surface area contributed by atoms with Gasteiger partial charge in [0.05, 0.1) is 37.0 Å². The Morgan fingerprint density at radius 2 is 1.72 bits per heavy atom. The van der Waals surface area contributed by atoms with Crippen molar-refractivity contribution in [2.45, 2.75) is 17.7 Å². The summed E-state index contributed by atoms with van der Waals surface area (Å²) in [6, 6.07) is 4.96. The summed E-state index contributed by atoms with van der Waals surface area (Å²) in [5.41, 5.74) is 0.961. The summed E-state index contributed by atoms with van der Waals surface area (Å²) in [5, 5.41) is 0. The van der Waals surface area contributed by atoms with E-state index in [-0.39, 0.29) is 35.2 Å². The highest BCUT2D eigenvalue weighted by molar-refractivity contribution is 7.90. The topological polar surface area (TPSA) is 102 Å². The maximum Gasteiger partial charge on any atom is 0.355 e. The third-order valence-corrected chi connectivity index (χ3v) is 6.08. The second-order valence-electron chi connectivity index (χ2n) is 6.83. The van der Waals surface area contributed by atoms with Crippen LogP contribution in [0.2, 0.25) is 0 Å². The van der Waals surface area contributed by atoms with E-state index in [1.165, 1.54) is 25.2 Å². The molecule has 0 atom stereocenters. The van der Waals surface area contributed by atoms with Gasteiger partial charge in [-0.3, -0.25) is 0 Å². The molecule has 0 N–H and O–H groups in total. The molecule has 1 saturated heterocycles. The van der Waals surface area contributed by atoms with Crippen LogP contribution in [0.1, 0.15) is 12.8 Å². The molecule has 0 aliphatic carbocycles. The summed E-state index contributed by atoms with van der Waals surface area (Å²) in [6.45, 7) is 1.47. The van der Waals surface area contributed by atoms with Crippen LogP contribution >= 0.6 is 0 Å². The molecular formula is C19H24N2O7S. The van der Waals surface area contributed by atoms with Crippen molar-refractivity contribution in [3.05, 3.63) is 29.5 Å². The minimum Gasteiger partial charge on any atom is -0.466 e. The predicted molar refractivity (Wildman–Crippen MR) is 105 cm³/mol. The van der Waals surface area contributed by atoms with Crippen LogP contribution in [0.15, 0.2) is 34.4 Å². The van der Waals surface area contributed by atoms with Gasteiger partial charge in [0.2, 0.25) is 0 Å². The van der Waals surface area contributed by atoms with Crippen molar-refractivity contribution in [1.82, 2.24) is 0 Å².